The summed E-state index contributed by atoms with van der Waals surface area (Å²) in [6.45, 7) is 0.194. The Morgan fingerprint density at radius 2 is 1.86 bits per heavy atom. The van der Waals surface area contributed by atoms with E-state index in [2.05, 4.69) is 4.98 Å². The smallest absolute Gasteiger partial charge is 0.266 e. The average molecular weight is 398 g/mol. The molecule has 2 N–H and O–H groups in total. The third-order valence-electron chi connectivity index (χ3n) is 4.50. The van der Waals surface area contributed by atoms with Crippen LogP contribution in [-0.4, -0.2) is 15.5 Å². The Bertz CT molecular complexity index is 1200. The number of nitrogens with zero attached hydrogens (tertiary/aromatic N) is 2. The molecule has 4 nitrogen and oxygen atoms in total. The number of carbonyl (C=O) groups is 1. The number of primary amides is 1. The van der Waals surface area contributed by atoms with Crippen LogP contribution in [-0.2, 0) is 6.54 Å². The number of halogens is 3. The van der Waals surface area contributed by atoms with E-state index in [1.807, 2.05) is 0 Å². The SMILES string of the molecule is NC(=O)c1c(-c2ccc(Cl)nc2)c2cc(F)ccc2n1Cc1cccc(F)c1. The molecule has 7 heteroatoms. The molecule has 0 atom stereocenters. The van der Waals surface area contributed by atoms with Crippen molar-refractivity contribution in [3.63, 3.8) is 0 Å². The Hall–Kier alpha value is -3.25. The van der Waals surface area contributed by atoms with Gasteiger partial charge in [0.1, 0.15) is 22.5 Å². The number of hydrogen-bond acceptors (Lipinski definition) is 2. The molecule has 0 aliphatic heterocycles. The number of rotatable bonds is 4. The molecule has 0 unspecified atom stereocenters. The molecule has 0 aliphatic carbocycles. The molecule has 0 radical (unpaired) electrons. The van der Waals surface area contributed by atoms with Crippen molar-refractivity contribution in [3.8, 4) is 11.1 Å². The van der Waals surface area contributed by atoms with Gasteiger partial charge >= 0.3 is 0 Å². The first-order valence-corrected chi connectivity index (χ1v) is 8.80. The number of carbonyl (C=O) groups excluding carboxylic acids is 1. The lowest BCUT2D eigenvalue weighted by molar-refractivity contribution is 0.0993. The molecule has 4 rings (SSSR count). The van der Waals surface area contributed by atoms with Gasteiger partial charge in [-0.3, -0.25) is 4.79 Å². The molecule has 0 saturated heterocycles. The maximum Gasteiger partial charge on any atom is 0.266 e. The minimum Gasteiger partial charge on any atom is -0.364 e. The molecule has 1 amide bonds. The summed E-state index contributed by atoms with van der Waals surface area (Å²) in [6, 6.07) is 13.5. The van der Waals surface area contributed by atoms with Gasteiger partial charge < -0.3 is 10.3 Å². The van der Waals surface area contributed by atoms with Gasteiger partial charge in [-0.1, -0.05) is 23.7 Å². The van der Waals surface area contributed by atoms with Crippen LogP contribution in [0, 0.1) is 11.6 Å². The van der Waals surface area contributed by atoms with Crippen LogP contribution < -0.4 is 5.73 Å². The van der Waals surface area contributed by atoms with E-state index >= 15 is 0 Å². The Morgan fingerprint density at radius 1 is 1.07 bits per heavy atom. The summed E-state index contributed by atoms with van der Waals surface area (Å²) in [5.74, 6) is -1.52. The van der Waals surface area contributed by atoms with Gasteiger partial charge in [0.25, 0.3) is 5.91 Å². The molecule has 2 heterocycles. The van der Waals surface area contributed by atoms with Gasteiger partial charge in [-0.15, -0.1) is 0 Å². The van der Waals surface area contributed by atoms with Crippen LogP contribution in [0.25, 0.3) is 22.0 Å². The molecule has 0 fully saturated rings. The average Bonchev–Trinajstić information content (AvgIpc) is 2.96. The van der Waals surface area contributed by atoms with Gasteiger partial charge in [0, 0.05) is 34.8 Å². The molecule has 28 heavy (non-hydrogen) atoms. The zero-order valence-corrected chi connectivity index (χ0v) is 15.3. The highest BCUT2D eigenvalue weighted by molar-refractivity contribution is 6.29. The number of benzene rings is 2. The van der Waals surface area contributed by atoms with Crippen LogP contribution in [0.1, 0.15) is 16.1 Å². The van der Waals surface area contributed by atoms with Crippen molar-refractivity contribution in [2.75, 3.05) is 0 Å². The summed E-state index contributed by atoms with van der Waals surface area (Å²) >= 11 is 5.87. The molecular formula is C21H14ClF2N3O. The first kappa shape index (κ1) is 18.1. The first-order chi connectivity index (χ1) is 13.4. The van der Waals surface area contributed by atoms with E-state index in [0.29, 0.717) is 32.7 Å². The lowest BCUT2D eigenvalue weighted by Crippen LogP contribution is -2.18. The monoisotopic (exact) mass is 397 g/mol. The molecule has 0 spiro atoms. The van der Waals surface area contributed by atoms with Gasteiger partial charge in [0.05, 0.1) is 0 Å². The van der Waals surface area contributed by atoms with E-state index < -0.39 is 11.7 Å². The topological polar surface area (TPSA) is 60.9 Å². The maximum absolute atomic E-state index is 14.0. The number of pyridine rings is 1. The second kappa shape index (κ2) is 7.05. The molecule has 0 aliphatic rings. The molecule has 0 saturated carbocycles. The van der Waals surface area contributed by atoms with E-state index in [1.165, 1.54) is 30.5 Å². The molecular weight excluding hydrogens is 384 g/mol. The second-order valence-electron chi connectivity index (χ2n) is 6.33. The fourth-order valence-corrected chi connectivity index (χ4v) is 3.49. The van der Waals surface area contributed by atoms with Gasteiger partial charge in [0.2, 0.25) is 0 Å². The van der Waals surface area contributed by atoms with Crippen molar-refractivity contribution in [1.29, 1.82) is 0 Å². The Balaban J connectivity index is 2.02. The maximum atomic E-state index is 14.0. The molecule has 4 aromatic rings. The van der Waals surface area contributed by atoms with Crippen LogP contribution in [0.2, 0.25) is 5.15 Å². The van der Waals surface area contributed by atoms with Crippen LogP contribution >= 0.6 is 11.6 Å². The number of nitrogens with two attached hydrogens (primary N) is 1. The fourth-order valence-electron chi connectivity index (χ4n) is 3.38. The molecule has 2 aromatic carbocycles. The van der Waals surface area contributed by atoms with Crippen molar-refractivity contribution in [3.05, 3.63) is 88.8 Å². The number of amides is 1. The van der Waals surface area contributed by atoms with Crippen molar-refractivity contribution in [2.45, 2.75) is 6.54 Å². The largest absolute Gasteiger partial charge is 0.364 e. The van der Waals surface area contributed by atoms with E-state index in [0.717, 1.165) is 0 Å². The highest BCUT2D eigenvalue weighted by atomic mass is 35.5. The Morgan fingerprint density at radius 3 is 2.54 bits per heavy atom. The number of aromatic nitrogens is 2. The van der Waals surface area contributed by atoms with Crippen molar-refractivity contribution in [1.82, 2.24) is 9.55 Å². The summed E-state index contributed by atoms with van der Waals surface area (Å²) < 4.78 is 29.3. The van der Waals surface area contributed by atoms with E-state index in [4.69, 9.17) is 17.3 Å². The highest BCUT2D eigenvalue weighted by Crippen LogP contribution is 2.36. The predicted octanol–water partition coefficient (Wildman–Crippen LogP) is 4.78. The van der Waals surface area contributed by atoms with Gasteiger partial charge in [-0.05, 0) is 48.0 Å². The van der Waals surface area contributed by atoms with E-state index in [-0.39, 0.29) is 18.1 Å². The van der Waals surface area contributed by atoms with E-state index in [9.17, 15) is 13.6 Å². The summed E-state index contributed by atoms with van der Waals surface area (Å²) in [5, 5.41) is 0.799. The zero-order valence-electron chi connectivity index (χ0n) is 14.5. The van der Waals surface area contributed by atoms with Gasteiger partial charge in [-0.2, -0.15) is 0 Å². The third kappa shape index (κ3) is 3.23. The van der Waals surface area contributed by atoms with Crippen LogP contribution in [0.5, 0.6) is 0 Å². The summed E-state index contributed by atoms with van der Waals surface area (Å²) in [7, 11) is 0. The zero-order chi connectivity index (χ0) is 19.8. The minimum absolute atomic E-state index is 0.189. The first-order valence-electron chi connectivity index (χ1n) is 8.42. The van der Waals surface area contributed by atoms with Crippen LogP contribution in [0.15, 0.2) is 60.8 Å². The quantitative estimate of drug-likeness (QED) is 0.504. The Kier molecular flexibility index (Phi) is 4.57. The van der Waals surface area contributed by atoms with Gasteiger partial charge in [0.15, 0.2) is 0 Å². The summed E-state index contributed by atoms with van der Waals surface area (Å²) in [6.07, 6.45) is 1.50. The van der Waals surface area contributed by atoms with Crippen molar-refractivity contribution < 1.29 is 13.6 Å². The highest BCUT2D eigenvalue weighted by Gasteiger charge is 2.23. The predicted molar refractivity (Wildman–Crippen MR) is 104 cm³/mol. The van der Waals surface area contributed by atoms with Gasteiger partial charge in [-0.25, -0.2) is 13.8 Å². The number of fused-ring (bicyclic) bond motifs is 1. The van der Waals surface area contributed by atoms with Crippen molar-refractivity contribution >= 4 is 28.4 Å². The van der Waals surface area contributed by atoms with Crippen molar-refractivity contribution in [2.24, 2.45) is 5.73 Å². The van der Waals surface area contributed by atoms with Crippen LogP contribution in [0.3, 0.4) is 0 Å². The minimum atomic E-state index is -0.682. The lowest BCUT2D eigenvalue weighted by atomic mass is 10.0. The molecule has 140 valence electrons. The van der Waals surface area contributed by atoms with E-state index in [1.54, 1.807) is 34.9 Å². The standard InChI is InChI=1S/C21H14ClF2N3O/c22-18-7-4-13(10-26-18)19-16-9-15(24)5-6-17(16)27(20(19)21(25)28)11-12-2-1-3-14(23)8-12/h1-10H,11H2,(H2,25,28). The second-order valence-corrected chi connectivity index (χ2v) is 6.72. The normalized spacial score (nSPS) is 11.1. The Labute approximate surface area is 164 Å². The summed E-state index contributed by atoms with van der Waals surface area (Å²) in [4.78, 5) is 16.4. The summed E-state index contributed by atoms with van der Waals surface area (Å²) in [5.41, 5.74) is 8.16. The van der Waals surface area contributed by atoms with Crippen LogP contribution in [0.4, 0.5) is 8.78 Å². The lowest BCUT2D eigenvalue weighted by Gasteiger charge is -2.10. The fraction of sp³-hybridized carbons (Fsp3) is 0.0476. The molecule has 2 aromatic heterocycles. The number of hydrogen-bond donors (Lipinski definition) is 1. The molecule has 0 bridgehead atoms. The third-order valence-corrected chi connectivity index (χ3v) is 4.73.